The van der Waals surface area contributed by atoms with Crippen molar-refractivity contribution in [3.05, 3.63) is 15.6 Å². The molecule has 0 spiro atoms. The molecule has 1 amide bonds. The van der Waals surface area contributed by atoms with Crippen LogP contribution in [0.4, 0.5) is 0 Å². The van der Waals surface area contributed by atoms with Crippen molar-refractivity contribution < 1.29 is 4.79 Å². The zero-order valence-corrected chi connectivity index (χ0v) is 16.2. The van der Waals surface area contributed by atoms with E-state index in [1.165, 1.54) is 30.7 Å². The molecule has 0 bridgehead atoms. The Morgan fingerprint density at radius 3 is 2.61 bits per heavy atom. The van der Waals surface area contributed by atoms with Crippen LogP contribution in [0.25, 0.3) is 0 Å². The summed E-state index contributed by atoms with van der Waals surface area (Å²) in [6.07, 6.45) is 6.09. The highest BCUT2D eigenvalue weighted by Gasteiger charge is 2.27. The highest BCUT2D eigenvalue weighted by atomic mass is 35.5. The van der Waals surface area contributed by atoms with Gasteiger partial charge in [-0.25, -0.2) is 4.98 Å². The van der Waals surface area contributed by atoms with E-state index in [0.717, 1.165) is 30.1 Å². The predicted octanol–water partition coefficient (Wildman–Crippen LogP) is 3.68. The number of nitrogens with one attached hydrogen (secondary N) is 2. The van der Waals surface area contributed by atoms with Crippen molar-refractivity contribution in [2.24, 2.45) is 5.92 Å². The molecule has 2 N–H and O–H groups in total. The van der Waals surface area contributed by atoms with Crippen molar-refractivity contribution in [2.75, 3.05) is 13.1 Å². The lowest BCUT2D eigenvalue weighted by Crippen LogP contribution is -2.48. The number of amides is 1. The lowest BCUT2D eigenvalue weighted by atomic mass is 9.95. The molecule has 1 aromatic heterocycles. The number of aromatic nitrogens is 1. The third-order valence-corrected chi connectivity index (χ3v) is 6.14. The number of hydrogen-bond donors (Lipinski definition) is 2. The van der Waals surface area contributed by atoms with Crippen LogP contribution in [0.3, 0.4) is 0 Å². The van der Waals surface area contributed by atoms with Gasteiger partial charge in [0.15, 0.2) is 0 Å². The standard InChI is InChI=1S/C16H25N3OS.2ClH/c1-10-9-17-8-7-13(10)19-15(20)14-11(2)18-16(21-14)12-5-3-4-6-12;;/h10,12-13,17H,3-9H2,1-2H3,(H,19,20);2*1H. The van der Waals surface area contributed by atoms with Gasteiger partial charge >= 0.3 is 0 Å². The first kappa shape index (κ1) is 20.7. The molecular formula is C16H27Cl2N3OS. The van der Waals surface area contributed by atoms with Crippen LogP contribution in [0.15, 0.2) is 0 Å². The minimum atomic E-state index is 0. The van der Waals surface area contributed by atoms with Crippen molar-refractivity contribution in [3.63, 3.8) is 0 Å². The summed E-state index contributed by atoms with van der Waals surface area (Å²) >= 11 is 1.62. The molecule has 4 nitrogen and oxygen atoms in total. The largest absolute Gasteiger partial charge is 0.348 e. The van der Waals surface area contributed by atoms with Gasteiger partial charge in [-0.05, 0) is 45.2 Å². The molecular weight excluding hydrogens is 353 g/mol. The summed E-state index contributed by atoms with van der Waals surface area (Å²) < 4.78 is 0. The van der Waals surface area contributed by atoms with E-state index in [-0.39, 0.29) is 36.8 Å². The molecule has 2 heterocycles. The molecule has 23 heavy (non-hydrogen) atoms. The second-order valence-corrected chi connectivity index (χ2v) is 7.53. The Balaban J connectivity index is 0.00000132. The SMILES string of the molecule is Cc1nc(C2CCCC2)sc1C(=O)NC1CCNCC1C.Cl.Cl. The van der Waals surface area contributed by atoms with Gasteiger partial charge in [-0.15, -0.1) is 36.2 Å². The van der Waals surface area contributed by atoms with Crippen LogP contribution in [0.1, 0.15) is 65.3 Å². The van der Waals surface area contributed by atoms with Gasteiger partial charge in [-0.1, -0.05) is 19.8 Å². The Morgan fingerprint density at radius 1 is 1.26 bits per heavy atom. The monoisotopic (exact) mass is 379 g/mol. The fourth-order valence-corrected chi connectivity index (χ4v) is 4.58. The summed E-state index contributed by atoms with van der Waals surface area (Å²) in [5.41, 5.74) is 0.904. The van der Waals surface area contributed by atoms with Gasteiger partial charge in [0.1, 0.15) is 4.88 Å². The number of hydrogen-bond acceptors (Lipinski definition) is 4. The van der Waals surface area contributed by atoms with Crippen LogP contribution in [0, 0.1) is 12.8 Å². The third-order valence-electron chi connectivity index (χ3n) is 4.83. The van der Waals surface area contributed by atoms with E-state index in [1.54, 1.807) is 11.3 Å². The maximum absolute atomic E-state index is 12.5. The second-order valence-electron chi connectivity index (χ2n) is 6.50. The van der Waals surface area contributed by atoms with Gasteiger partial charge in [0.25, 0.3) is 5.91 Å². The topological polar surface area (TPSA) is 54.0 Å². The molecule has 3 rings (SSSR count). The van der Waals surface area contributed by atoms with Crippen LogP contribution in [-0.4, -0.2) is 30.0 Å². The van der Waals surface area contributed by atoms with Crippen LogP contribution in [-0.2, 0) is 0 Å². The first-order valence-corrected chi connectivity index (χ1v) is 8.95. The smallest absolute Gasteiger partial charge is 0.263 e. The van der Waals surface area contributed by atoms with E-state index in [2.05, 4.69) is 22.5 Å². The number of thiazole rings is 1. The molecule has 7 heteroatoms. The summed E-state index contributed by atoms with van der Waals surface area (Å²) in [4.78, 5) is 18.0. The molecule has 2 atom stereocenters. The zero-order valence-electron chi connectivity index (χ0n) is 13.8. The molecule has 1 aliphatic heterocycles. The Morgan fingerprint density at radius 2 is 1.96 bits per heavy atom. The van der Waals surface area contributed by atoms with Gasteiger partial charge in [0.2, 0.25) is 0 Å². The van der Waals surface area contributed by atoms with E-state index < -0.39 is 0 Å². The average molecular weight is 380 g/mol. The summed E-state index contributed by atoms with van der Waals surface area (Å²) in [5, 5.41) is 7.76. The number of carbonyl (C=O) groups is 1. The number of nitrogens with zero attached hydrogens (tertiary/aromatic N) is 1. The molecule has 1 aromatic rings. The molecule has 1 saturated heterocycles. The fourth-order valence-electron chi connectivity index (χ4n) is 3.44. The van der Waals surface area contributed by atoms with Gasteiger partial charge in [-0.3, -0.25) is 4.79 Å². The highest BCUT2D eigenvalue weighted by molar-refractivity contribution is 7.13. The molecule has 1 saturated carbocycles. The first-order chi connectivity index (χ1) is 10.1. The second kappa shape index (κ2) is 9.21. The Hall–Kier alpha value is -0.360. The van der Waals surface area contributed by atoms with Crippen LogP contribution >= 0.6 is 36.2 Å². The summed E-state index contributed by atoms with van der Waals surface area (Å²) in [5.74, 6) is 1.16. The number of aryl methyl sites for hydroxylation is 1. The molecule has 132 valence electrons. The Bertz CT molecular complexity index is 517. The summed E-state index contributed by atoms with van der Waals surface area (Å²) in [6.45, 7) is 6.14. The summed E-state index contributed by atoms with van der Waals surface area (Å²) in [6, 6.07) is 0.287. The van der Waals surface area contributed by atoms with Crippen molar-refractivity contribution in [3.8, 4) is 0 Å². The quantitative estimate of drug-likeness (QED) is 0.841. The van der Waals surface area contributed by atoms with Crippen molar-refractivity contribution in [1.82, 2.24) is 15.6 Å². The summed E-state index contributed by atoms with van der Waals surface area (Å²) in [7, 11) is 0. The fraction of sp³-hybridized carbons (Fsp3) is 0.750. The molecule has 1 aliphatic carbocycles. The first-order valence-electron chi connectivity index (χ1n) is 8.14. The minimum Gasteiger partial charge on any atom is -0.348 e. The number of piperidine rings is 1. The van der Waals surface area contributed by atoms with Gasteiger partial charge in [0, 0.05) is 12.0 Å². The van der Waals surface area contributed by atoms with E-state index in [0.29, 0.717) is 11.8 Å². The zero-order chi connectivity index (χ0) is 14.8. The lowest BCUT2D eigenvalue weighted by Gasteiger charge is -2.30. The third kappa shape index (κ3) is 4.81. The molecule has 0 radical (unpaired) electrons. The molecule has 0 aromatic carbocycles. The maximum atomic E-state index is 12.5. The molecule has 2 fully saturated rings. The van der Waals surface area contributed by atoms with E-state index in [9.17, 15) is 4.79 Å². The van der Waals surface area contributed by atoms with Gasteiger partial charge < -0.3 is 10.6 Å². The van der Waals surface area contributed by atoms with Crippen LogP contribution < -0.4 is 10.6 Å². The average Bonchev–Trinajstić information content (AvgIpc) is 3.10. The lowest BCUT2D eigenvalue weighted by molar-refractivity contribution is 0.0917. The van der Waals surface area contributed by atoms with Crippen molar-refractivity contribution in [1.29, 1.82) is 0 Å². The van der Waals surface area contributed by atoms with E-state index in [1.807, 2.05) is 6.92 Å². The van der Waals surface area contributed by atoms with Crippen molar-refractivity contribution >= 4 is 42.1 Å². The minimum absolute atomic E-state index is 0. The molecule has 2 aliphatic rings. The van der Waals surface area contributed by atoms with Crippen molar-refractivity contribution in [2.45, 2.75) is 57.9 Å². The van der Waals surface area contributed by atoms with E-state index >= 15 is 0 Å². The number of carbonyl (C=O) groups excluding carboxylic acids is 1. The Kier molecular flexibility index (Phi) is 8.28. The van der Waals surface area contributed by atoms with Gasteiger partial charge in [-0.2, -0.15) is 0 Å². The van der Waals surface area contributed by atoms with Crippen LogP contribution in [0.2, 0.25) is 0 Å². The number of halogens is 2. The van der Waals surface area contributed by atoms with E-state index in [4.69, 9.17) is 0 Å². The van der Waals surface area contributed by atoms with Crippen LogP contribution in [0.5, 0.6) is 0 Å². The Labute approximate surface area is 155 Å². The predicted molar refractivity (Wildman–Crippen MR) is 100 cm³/mol. The normalized spacial score (nSPS) is 24.6. The molecule has 2 unspecified atom stereocenters. The maximum Gasteiger partial charge on any atom is 0.263 e. The highest BCUT2D eigenvalue weighted by Crippen LogP contribution is 2.37. The van der Waals surface area contributed by atoms with Gasteiger partial charge in [0.05, 0.1) is 10.7 Å². The number of rotatable bonds is 3.